The standard InChI is InChI=1S/C25H37N3O3/c1-26(17-21-15-24(29)28(18-21)22-7-3-4-8-22)16-20-9-11-23(12-10-20)31-19-25(30)27-13-5-2-6-14-27/h9-12,21-22H,2-8,13-19H2,1H3. The first-order chi connectivity index (χ1) is 15.1. The molecular formula is C25H37N3O3. The summed E-state index contributed by atoms with van der Waals surface area (Å²) in [6, 6.07) is 8.54. The molecule has 2 aliphatic heterocycles. The molecule has 0 bridgehead atoms. The van der Waals surface area contributed by atoms with E-state index in [0.29, 0.717) is 24.3 Å². The second kappa shape index (κ2) is 10.5. The van der Waals surface area contributed by atoms with Gasteiger partial charge in [-0.1, -0.05) is 25.0 Å². The molecule has 1 aliphatic carbocycles. The quantitative estimate of drug-likeness (QED) is 0.639. The third-order valence-corrected chi connectivity index (χ3v) is 7.02. The summed E-state index contributed by atoms with van der Waals surface area (Å²) in [5.41, 5.74) is 1.22. The average Bonchev–Trinajstić information content (AvgIpc) is 3.43. The number of ether oxygens (including phenoxy) is 1. The second-order valence-corrected chi connectivity index (χ2v) is 9.63. The van der Waals surface area contributed by atoms with Gasteiger partial charge in [-0.25, -0.2) is 0 Å². The van der Waals surface area contributed by atoms with E-state index in [0.717, 1.165) is 51.3 Å². The molecule has 1 aromatic rings. The lowest BCUT2D eigenvalue weighted by Crippen LogP contribution is -2.38. The molecule has 170 valence electrons. The van der Waals surface area contributed by atoms with Gasteiger partial charge in [0.1, 0.15) is 5.75 Å². The minimum absolute atomic E-state index is 0.0845. The number of rotatable bonds is 8. The van der Waals surface area contributed by atoms with Crippen LogP contribution in [0, 0.1) is 5.92 Å². The average molecular weight is 428 g/mol. The van der Waals surface area contributed by atoms with Gasteiger partial charge in [-0.3, -0.25) is 9.59 Å². The number of piperidine rings is 1. The molecule has 0 N–H and O–H groups in total. The molecule has 4 rings (SSSR count). The molecule has 1 unspecified atom stereocenters. The largest absolute Gasteiger partial charge is 0.484 e. The first-order valence-electron chi connectivity index (χ1n) is 12.1. The fourth-order valence-corrected chi connectivity index (χ4v) is 5.39. The summed E-state index contributed by atoms with van der Waals surface area (Å²) in [7, 11) is 2.13. The van der Waals surface area contributed by atoms with Crippen LogP contribution < -0.4 is 4.74 Å². The van der Waals surface area contributed by atoms with Crippen molar-refractivity contribution in [1.82, 2.24) is 14.7 Å². The Balaban J connectivity index is 1.19. The summed E-state index contributed by atoms with van der Waals surface area (Å²) in [5.74, 6) is 1.61. The lowest BCUT2D eigenvalue weighted by Gasteiger charge is -2.26. The van der Waals surface area contributed by atoms with E-state index in [1.54, 1.807) is 0 Å². The molecule has 0 radical (unpaired) electrons. The van der Waals surface area contributed by atoms with Crippen LogP contribution >= 0.6 is 0 Å². The van der Waals surface area contributed by atoms with Gasteiger partial charge in [0, 0.05) is 45.2 Å². The Morgan fingerprint density at radius 2 is 1.77 bits per heavy atom. The highest BCUT2D eigenvalue weighted by molar-refractivity contribution is 5.79. The lowest BCUT2D eigenvalue weighted by atomic mass is 10.1. The minimum atomic E-state index is 0.0845. The van der Waals surface area contributed by atoms with Crippen molar-refractivity contribution >= 4 is 11.8 Å². The monoisotopic (exact) mass is 427 g/mol. The van der Waals surface area contributed by atoms with Crippen LogP contribution in [0.15, 0.2) is 24.3 Å². The number of carbonyl (C=O) groups is 2. The molecule has 2 heterocycles. The minimum Gasteiger partial charge on any atom is -0.484 e. The van der Waals surface area contributed by atoms with Crippen LogP contribution in [0.25, 0.3) is 0 Å². The number of hydrogen-bond acceptors (Lipinski definition) is 4. The molecule has 3 fully saturated rings. The Kier molecular flexibility index (Phi) is 7.49. The molecule has 1 atom stereocenters. The highest BCUT2D eigenvalue weighted by Crippen LogP contribution is 2.29. The predicted molar refractivity (Wildman–Crippen MR) is 121 cm³/mol. The van der Waals surface area contributed by atoms with E-state index in [2.05, 4.69) is 29.0 Å². The van der Waals surface area contributed by atoms with Crippen LogP contribution in [0.3, 0.4) is 0 Å². The number of nitrogens with zero attached hydrogens (tertiary/aromatic N) is 3. The SMILES string of the molecule is CN(Cc1ccc(OCC(=O)N2CCCCC2)cc1)CC1CC(=O)N(C2CCCC2)C1. The first kappa shape index (κ1) is 22.1. The summed E-state index contributed by atoms with van der Waals surface area (Å²) in [4.78, 5) is 31.0. The Hall–Kier alpha value is -2.08. The van der Waals surface area contributed by atoms with E-state index in [-0.39, 0.29) is 12.5 Å². The van der Waals surface area contributed by atoms with Gasteiger partial charge in [0.05, 0.1) is 0 Å². The maximum absolute atomic E-state index is 12.4. The summed E-state index contributed by atoms with van der Waals surface area (Å²) in [6.07, 6.45) is 9.02. The van der Waals surface area contributed by atoms with Crippen molar-refractivity contribution in [1.29, 1.82) is 0 Å². The van der Waals surface area contributed by atoms with Gasteiger partial charge in [0.15, 0.2) is 6.61 Å². The zero-order valence-corrected chi connectivity index (χ0v) is 18.9. The lowest BCUT2D eigenvalue weighted by molar-refractivity contribution is -0.134. The summed E-state index contributed by atoms with van der Waals surface area (Å²) < 4.78 is 5.71. The fraction of sp³-hybridized carbons (Fsp3) is 0.680. The van der Waals surface area contributed by atoms with E-state index < -0.39 is 0 Å². The van der Waals surface area contributed by atoms with Gasteiger partial charge in [0.25, 0.3) is 5.91 Å². The molecule has 6 nitrogen and oxygen atoms in total. The maximum atomic E-state index is 12.4. The number of carbonyl (C=O) groups excluding carboxylic acids is 2. The molecule has 1 saturated carbocycles. The van der Waals surface area contributed by atoms with Gasteiger partial charge in [-0.05, 0) is 62.8 Å². The van der Waals surface area contributed by atoms with E-state index in [1.807, 2.05) is 17.0 Å². The Morgan fingerprint density at radius 1 is 1.06 bits per heavy atom. The predicted octanol–water partition coefficient (Wildman–Crippen LogP) is 3.30. The van der Waals surface area contributed by atoms with Crippen LogP contribution in [0.2, 0.25) is 0 Å². The Bertz CT molecular complexity index is 739. The van der Waals surface area contributed by atoms with Crippen molar-refractivity contribution in [2.75, 3.05) is 39.8 Å². The van der Waals surface area contributed by atoms with Crippen LogP contribution in [-0.4, -0.2) is 72.4 Å². The number of likely N-dealkylation sites (tertiary alicyclic amines) is 2. The fourth-order valence-electron chi connectivity index (χ4n) is 5.39. The molecule has 2 amide bonds. The molecule has 3 aliphatic rings. The molecular weight excluding hydrogens is 390 g/mol. The number of benzene rings is 1. The van der Waals surface area contributed by atoms with Crippen molar-refractivity contribution in [2.45, 2.75) is 64.0 Å². The molecule has 31 heavy (non-hydrogen) atoms. The first-order valence-corrected chi connectivity index (χ1v) is 12.1. The van der Waals surface area contributed by atoms with E-state index in [9.17, 15) is 9.59 Å². The molecule has 1 aromatic carbocycles. The van der Waals surface area contributed by atoms with Crippen molar-refractivity contribution < 1.29 is 14.3 Å². The normalized spacial score (nSPS) is 22.5. The van der Waals surface area contributed by atoms with Gasteiger partial charge in [0.2, 0.25) is 5.91 Å². The van der Waals surface area contributed by atoms with Gasteiger partial charge in [-0.15, -0.1) is 0 Å². The third kappa shape index (κ3) is 6.00. The highest BCUT2D eigenvalue weighted by Gasteiger charge is 2.35. The van der Waals surface area contributed by atoms with Crippen LogP contribution in [0.4, 0.5) is 0 Å². The van der Waals surface area contributed by atoms with Crippen molar-refractivity contribution in [3.8, 4) is 5.75 Å². The Labute approximate surface area is 186 Å². The van der Waals surface area contributed by atoms with Gasteiger partial charge in [-0.2, -0.15) is 0 Å². The van der Waals surface area contributed by atoms with E-state index >= 15 is 0 Å². The second-order valence-electron chi connectivity index (χ2n) is 9.63. The maximum Gasteiger partial charge on any atom is 0.260 e. The van der Waals surface area contributed by atoms with E-state index in [1.165, 1.54) is 37.7 Å². The van der Waals surface area contributed by atoms with E-state index in [4.69, 9.17) is 4.74 Å². The Morgan fingerprint density at radius 3 is 2.48 bits per heavy atom. The van der Waals surface area contributed by atoms with Crippen LogP contribution in [0.5, 0.6) is 5.75 Å². The van der Waals surface area contributed by atoms with Crippen molar-refractivity contribution in [3.05, 3.63) is 29.8 Å². The molecule has 0 spiro atoms. The van der Waals surface area contributed by atoms with Crippen LogP contribution in [0.1, 0.15) is 56.9 Å². The van der Waals surface area contributed by atoms with Crippen molar-refractivity contribution in [2.24, 2.45) is 5.92 Å². The summed E-state index contributed by atoms with van der Waals surface area (Å²) in [5, 5.41) is 0. The summed E-state index contributed by atoms with van der Waals surface area (Å²) in [6.45, 7) is 4.55. The molecule has 2 saturated heterocycles. The highest BCUT2D eigenvalue weighted by atomic mass is 16.5. The van der Waals surface area contributed by atoms with Crippen molar-refractivity contribution in [3.63, 3.8) is 0 Å². The third-order valence-electron chi connectivity index (χ3n) is 7.02. The number of hydrogen-bond donors (Lipinski definition) is 0. The van der Waals surface area contributed by atoms with Gasteiger partial charge >= 0.3 is 0 Å². The zero-order chi connectivity index (χ0) is 21.6. The topological polar surface area (TPSA) is 53.1 Å². The number of amides is 2. The van der Waals surface area contributed by atoms with Gasteiger partial charge < -0.3 is 19.4 Å². The molecule has 0 aromatic heterocycles. The molecule has 6 heteroatoms. The smallest absolute Gasteiger partial charge is 0.260 e. The van der Waals surface area contributed by atoms with Crippen LogP contribution in [-0.2, 0) is 16.1 Å². The summed E-state index contributed by atoms with van der Waals surface area (Å²) >= 11 is 0. The zero-order valence-electron chi connectivity index (χ0n) is 18.9.